The Balaban J connectivity index is 0.00000205. The van der Waals surface area contributed by atoms with Crippen molar-refractivity contribution in [2.75, 3.05) is 12.1 Å². The summed E-state index contributed by atoms with van der Waals surface area (Å²) in [5, 5.41) is 3.18. The highest BCUT2D eigenvalue weighted by Crippen LogP contribution is 2.51. The van der Waals surface area contributed by atoms with Crippen LogP contribution in [0.5, 0.6) is 11.5 Å². The second-order valence-corrected chi connectivity index (χ2v) is 7.45. The Morgan fingerprint density at radius 1 is 0.964 bits per heavy atom. The molecule has 0 aromatic heterocycles. The van der Waals surface area contributed by atoms with Gasteiger partial charge in [-0.25, -0.2) is 0 Å². The van der Waals surface area contributed by atoms with Crippen LogP contribution >= 0.6 is 0 Å². The highest BCUT2D eigenvalue weighted by atomic mass is 16.7. The molecule has 0 saturated heterocycles. The zero-order valence-electron chi connectivity index (χ0n) is 15.7. The molecular weight excluding hydrogens is 350 g/mol. The van der Waals surface area contributed by atoms with E-state index in [4.69, 9.17) is 9.47 Å². The molecule has 1 aliphatic carbocycles. The van der Waals surface area contributed by atoms with Crippen LogP contribution in [0, 0.1) is 6.92 Å². The largest absolute Gasteiger partial charge is 0.454 e. The van der Waals surface area contributed by atoms with E-state index in [0.717, 1.165) is 52.3 Å². The fraction of sp³-hybridized carbons (Fsp3) is 0.208. The first-order valence-corrected chi connectivity index (χ1v) is 9.54. The molecule has 1 amide bonds. The number of nitrogens with one attached hydrogen (secondary N) is 1. The van der Waals surface area contributed by atoms with Gasteiger partial charge in [0.1, 0.15) is 0 Å². The Morgan fingerprint density at radius 2 is 1.75 bits per heavy atom. The van der Waals surface area contributed by atoms with Crippen molar-refractivity contribution in [2.24, 2.45) is 0 Å². The molecule has 4 heteroatoms. The maximum Gasteiger partial charge on any atom is 0.235 e. The van der Waals surface area contributed by atoms with Gasteiger partial charge in [0, 0.05) is 7.11 Å². The van der Waals surface area contributed by atoms with Gasteiger partial charge in [0.2, 0.25) is 12.7 Å². The van der Waals surface area contributed by atoms with Crippen LogP contribution in [0.4, 0.5) is 5.69 Å². The van der Waals surface area contributed by atoms with Crippen molar-refractivity contribution in [3.05, 3.63) is 77.9 Å². The normalized spacial score (nSPS) is 15.9. The van der Waals surface area contributed by atoms with Crippen LogP contribution < -0.4 is 14.8 Å². The lowest BCUT2D eigenvalue weighted by molar-refractivity contribution is -0.118. The number of amides is 1. The fourth-order valence-corrected chi connectivity index (χ4v) is 3.91. The number of hydrogen-bond acceptors (Lipinski definition) is 3. The van der Waals surface area contributed by atoms with E-state index in [1.807, 2.05) is 48.5 Å². The molecule has 5 rings (SSSR count). The standard InChI is InChI=1S/C24H21NO3.H2/c1-16-19(17-6-3-2-4-7-17)8-5-9-20(16)25-23(26)24(12-13-24)18-10-11-21-22(14-18)28-15-27-21;/h2-11,14H,12-13,15H2,1H3,(H,25,26);1H. The van der Waals surface area contributed by atoms with Gasteiger partial charge in [0.05, 0.1) is 5.41 Å². The molecule has 28 heavy (non-hydrogen) atoms. The van der Waals surface area contributed by atoms with Crippen molar-refractivity contribution >= 4 is 11.6 Å². The molecule has 1 heterocycles. The Morgan fingerprint density at radius 3 is 2.54 bits per heavy atom. The quantitative estimate of drug-likeness (QED) is 0.674. The molecule has 1 saturated carbocycles. The lowest BCUT2D eigenvalue weighted by Crippen LogP contribution is -2.28. The van der Waals surface area contributed by atoms with E-state index >= 15 is 0 Å². The number of anilines is 1. The summed E-state index contributed by atoms with van der Waals surface area (Å²) < 4.78 is 10.9. The van der Waals surface area contributed by atoms with Gasteiger partial charge in [-0.1, -0.05) is 48.5 Å². The van der Waals surface area contributed by atoms with Gasteiger partial charge in [-0.3, -0.25) is 4.79 Å². The van der Waals surface area contributed by atoms with Crippen molar-refractivity contribution < 1.29 is 15.7 Å². The minimum absolute atomic E-state index is 0. The van der Waals surface area contributed by atoms with Gasteiger partial charge in [-0.15, -0.1) is 0 Å². The fourth-order valence-electron chi connectivity index (χ4n) is 3.91. The summed E-state index contributed by atoms with van der Waals surface area (Å²) in [6, 6.07) is 22.1. The zero-order valence-corrected chi connectivity index (χ0v) is 15.7. The number of ether oxygens (including phenoxy) is 2. The average Bonchev–Trinajstić information content (AvgIpc) is 3.41. The second kappa shape index (κ2) is 6.41. The molecule has 3 aromatic carbocycles. The number of carbonyl (C=O) groups is 1. The van der Waals surface area contributed by atoms with Gasteiger partial charge in [-0.05, 0) is 60.2 Å². The zero-order chi connectivity index (χ0) is 19.1. The van der Waals surface area contributed by atoms with Crippen LogP contribution in [0.1, 0.15) is 25.4 Å². The molecule has 142 valence electrons. The first-order chi connectivity index (χ1) is 13.7. The van der Waals surface area contributed by atoms with Gasteiger partial charge in [0.15, 0.2) is 11.5 Å². The lowest BCUT2D eigenvalue weighted by atomic mass is 9.93. The van der Waals surface area contributed by atoms with E-state index in [1.165, 1.54) is 0 Å². The van der Waals surface area contributed by atoms with Crippen molar-refractivity contribution in [1.82, 2.24) is 0 Å². The van der Waals surface area contributed by atoms with E-state index in [2.05, 4.69) is 30.4 Å². The molecule has 1 aliphatic heterocycles. The third-order valence-corrected chi connectivity index (χ3v) is 5.78. The van der Waals surface area contributed by atoms with Gasteiger partial charge in [0.25, 0.3) is 0 Å². The molecule has 1 N–H and O–H groups in total. The van der Waals surface area contributed by atoms with Gasteiger partial charge < -0.3 is 14.8 Å². The van der Waals surface area contributed by atoms with E-state index in [9.17, 15) is 4.79 Å². The van der Waals surface area contributed by atoms with Crippen LogP contribution in [0.25, 0.3) is 11.1 Å². The Kier molecular flexibility index (Phi) is 3.86. The minimum atomic E-state index is -0.476. The monoisotopic (exact) mass is 373 g/mol. The smallest absolute Gasteiger partial charge is 0.235 e. The number of fused-ring (bicyclic) bond motifs is 1. The summed E-state index contributed by atoms with van der Waals surface area (Å²) in [7, 11) is 0. The molecule has 0 unspecified atom stereocenters. The summed E-state index contributed by atoms with van der Waals surface area (Å²) >= 11 is 0. The van der Waals surface area contributed by atoms with Gasteiger partial charge >= 0.3 is 0 Å². The minimum Gasteiger partial charge on any atom is -0.454 e. The van der Waals surface area contributed by atoms with E-state index < -0.39 is 5.41 Å². The number of hydrogen-bond donors (Lipinski definition) is 1. The second-order valence-electron chi connectivity index (χ2n) is 7.45. The Bertz CT molecular complexity index is 1060. The SMILES string of the molecule is Cc1c(NC(=O)C2(c3ccc4c(c3)OCO4)CC2)cccc1-c1ccccc1.[HH]. The lowest BCUT2D eigenvalue weighted by Gasteiger charge is -2.18. The highest BCUT2D eigenvalue weighted by molar-refractivity contribution is 6.02. The van der Waals surface area contributed by atoms with Crippen LogP contribution in [-0.2, 0) is 10.2 Å². The molecule has 0 spiro atoms. The molecule has 3 aromatic rings. The van der Waals surface area contributed by atoms with Crippen LogP contribution in [0.2, 0.25) is 0 Å². The predicted molar refractivity (Wildman–Crippen MR) is 111 cm³/mol. The average molecular weight is 373 g/mol. The summed E-state index contributed by atoms with van der Waals surface area (Å²) in [4.78, 5) is 13.2. The number of benzene rings is 3. The first kappa shape index (κ1) is 16.9. The third kappa shape index (κ3) is 2.73. The first-order valence-electron chi connectivity index (χ1n) is 9.54. The molecular formula is C24H23NO3. The molecule has 0 atom stereocenters. The van der Waals surface area contributed by atoms with E-state index in [-0.39, 0.29) is 14.1 Å². The molecule has 4 nitrogen and oxygen atoms in total. The van der Waals surface area contributed by atoms with Crippen molar-refractivity contribution in [3.63, 3.8) is 0 Å². The van der Waals surface area contributed by atoms with Crippen molar-refractivity contribution in [2.45, 2.75) is 25.2 Å². The summed E-state index contributed by atoms with van der Waals surface area (Å²) in [5.74, 6) is 1.50. The van der Waals surface area contributed by atoms with Crippen LogP contribution in [-0.4, -0.2) is 12.7 Å². The molecule has 1 fully saturated rings. The van der Waals surface area contributed by atoms with E-state index in [1.54, 1.807) is 0 Å². The summed E-state index contributed by atoms with van der Waals surface area (Å²) in [5.41, 5.74) is 4.73. The Hall–Kier alpha value is -3.27. The van der Waals surface area contributed by atoms with Crippen LogP contribution in [0.3, 0.4) is 0 Å². The van der Waals surface area contributed by atoms with Crippen molar-refractivity contribution in [1.29, 1.82) is 0 Å². The predicted octanol–water partition coefficient (Wildman–Crippen LogP) is 5.31. The summed E-state index contributed by atoms with van der Waals surface area (Å²) in [6.45, 7) is 2.29. The highest BCUT2D eigenvalue weighted by Gasteiger charge is 2.51. The van der Waals surface area contributed by atoms with Crippen LogP contribution in [0.15, 0.2) is 66.7 Å². The summed E-state index contributed by atoms with van der Waals surface area (Å²) in [6.07, 6.45) is 1.69. The molecule has 2 aliphatic rings. The molecule has 0 bridgehead atoms. The number of carbonyl (C=O) groups excluding carboxylic acids is 1. The third-order valence-electron chi connectivity index (χ3n) is 5.78. The van der Waals surface area contributed by atoms with Crippen molar-refractivity contribution in [3.8, 4) is 22.6 Å². The van der Waals surface area contributed by atoms with Gasteiger partial charge in [-0.2, -0.15) is 0 Å². The number of rotatable bonds is 4. The maximum absolute atomic E-state index is 13.2. The Labute approximate surface area is 165 Å². The van der Waals surface area contributed by atoms with E-state index in [0.29, 0.717) is 0 Å². The maximum atomic E-state index is 13.2. The topological polar surface area (TPSA) is 47.6 Å². The molecule has 0 radical (unpaired) electrons.